The SMILES string of the molecule is Cc1nc(NCc2cnn3c2C(F)(F)c2cccnc2C3)nc2c1NC(=O)[C@H](C(C)C)N2C. The van der Waals surface area contributed by atoms with Gasteiger partial charge in [-0.15, -0.1) is 0 Å². The van der Waals surface area contributed by atoms with E-state index < -0.39 is 5.92 Å². The molecule has 0 aromatic carbocycles. The van der Waals surface area contributed by atoms with Gasteiger partial charge in [0.05, 0.1) is 29.7 Å². The number of nitrogens with one attached hydrogen (secondary N) is 2. The number of carbonyl (C=O) groups excluding carboxylic acids is 1. The van der Waals surface area contributed by atoms with E-state index in [1.165, 1.54) is 29.2 Å². The topological polar surface area (TPSA) is 101 Å². The Balaban J connectivity index is 1.43. The molecule has 5 rings (SSSR count). The van der Waals surface area contributed by atoms with Crippen LogP contribution < -0.4 is 15.5 Å². The standard InChI is InChI=1S/C22H24F2N8O/c1-11(2)17-20(33)29-16-12(3)28-21(30-19(16)31(17)4)26-8-13-9-27-32-10-15-14(6-5-7-25-15)22(23,24)18(13)32/h5-7,9,11,17H,8,10H2,1-4H3,(H,29,33)(H,26,28,30)/t17-/m0/s1. The third-order valence-corrected chi connectivity index (χ3v) is 6.15. The number of anilines is 3. The van der Waals surface area contributed by atoms with Crippen LogP contribution in [0.25, 0.3) is 0 Å². The van der Waals surface area contributed by atoms with Crippen molar-refractivity contribution in [3.05, 3.63) is 52.7 Å². The molecule has 2 aliphatic rings. The van der Waals surface area contributed by atoms with Gasteiger partial charge in [0.25, 0.3) is 0 Å². The second kappa shape index (κ2) is 7.46. The first-order chi connectivity index (χ1) is 15.7. The number of alkyl halides is 2. The highest BCUT2D eigenvalue weighted by Gasteiger charge is 2.45. The molecule has 0 unspecified atom stereocenters. The quantitative estimate of drug-likeness (QED) is 0.625. The molecule has 11 heteroatoms. The molecule has 3 aromatic rings. The van der Waals surface area contributed by atoms with Crippen LogP contribution >= 0.6 is 0 Å². The number of halogens is 2. The highest BCUT2D eigenvalue weighted by molar-refractivity contribution is 6.03. The molecular formula is C22H24F2N8O. The number of rotatable bonds is 4. The largest absolute Gasteiger partial charge is 0.350 e. The molecule has 0 bridgehead atoms. The predicted molar refractivity (Wildman–Crippen MR) is 118 cm³/mol. The van der Waals surface area contributed by atoms with Crippen molar-refractivity contribution in [1.82, 2.24) is 24.7 Å². The summed E-state index contributed by atoms with van der Waals surface area (Å²) in [7, 11) is 1.82. The van der Waals surface area contributed by atoms with Gasteiger partial charge in [0.2, 0.25) is 11.9 Å². The number of amides is 1. The first-order valence-electron chi connectivity index (χ1n) is 10.7. The fourth-order valence-corrected chi connectivity index (χ4v) is 4.62. The van der Waals surface area contributed by atoms with E-state index in [0.29, 0.717) is 28.5 Å². The summed E-state index contributed by atoms with van der Waals surface area (Å²) in [5, 5.41) is 10.1. The monoisotopic (exact) mass is 454 g/mol. The van der Waals surface area contributed by atoms with Gasteiger partial charge in [-0.2, -0.15) is 18.9 Å². The van der Waals surface area contributed by atoms with E-state index in [1.807, 2.05) is 25.8 Å². The Morgan fingerprint density at radius 3 is 2.88 bits per heavy atom. The first kappa shape index (κ1) is 21.2. The molecule has 1 amide bonds. The minimum absolute atomic E-state index is 0.0719. The van der Waals surface area contributed by atoms with Crippen LogP contribution in [-0.4, -0.2) is 43.7 Å². The van der Waals surface area contributed by atoms with E-state index in [9.17, 15) is 4.79 Å². The summed E-state index contributed by atoms with van der Waals surface area (Å²) in [5.74, 6) is -2.36. The summed E-state index contributed by atoms with van der Waals surface area (Å²) < 4.78 is 31.9. The van der Waals surface area contributed by atoms with Gasteiger partial charge < -0.3 is 15.5 Å². The van der Waals surface area contributed by atoms with Crippen molar-refractivity contribution >= 4 is 23.4 Å². The van der Waals surface area contributed by atoms with Gasteiger partial charge in [0, 0.05) is 25.4 Å². The van der Waals surface area contributed by atoms with Crippen molar-refractivity contribution in [1.29, 1.82) is 0 Å². The molecule has 2 N–H and O–H groups in total. The average Bonchev–Trinajstić information content (AvgIpc) is 3.17. The van der Waals surface area contributed by atoms with Crippen LogP contribution in [0.4, 0.5) is 26.2 Å². The number of hydrogen-bond donors (Lipinski definition) is 2. The summed E-state index contributed by atoms with van der Waals surface area (Å²) in [6.07, 6.45) is 2.94. The Hall–Kier alpha value is -3.63. The van der Waals surface area contributed by atoms with E-state index in [1.54, 1.807) is 6.92 Å². The molecule has 2 aliphatic heterocycles. The van der Waals surface area contributed by atoms with Crippen molar-refractivity contribution in [2.45, 2.75) is 45.8 Å². The number of hydrogen-bond acceptors (Lipinski definition) is 7. The number of carbonyl (C=O) groups is 1. The van der Waals surface area contributed by atoms with Crippen molar-refractivity contribution < 1.29 is 13.6 Å². The molecule has 1 atom stereocenters. The number of aryl methyl sites for hydroxylation is 1. The van der Waals surface area contributed by atoms with Crippen LogP contribution in [0.15, 0.2) is 24.5 Å². The van der Waals surface area contributed by atoms with E-state index in [2.05, 4.69) is 30.7 Å². The molecular weight excluding hydrogens is 430 g/mol. The second-order valence-electron chi connectivity index (χ2n) is 8.72. The van der Waals surface area contributed by atoms with Crippen molar-refractivity contribution in [2.24, 2.45) is 5.92 Å². The molecule has 0 spiro atoms. The molecule has 172 valence electrons. The number of nitrogens with zero attached hydrogens (tertiary/aromatic N) is 6. The Morgan fingerprint density at radius 1 is 1.33 bits per heavy atom. The van der Waals surface area contributed by atoms with Crippen LogP contribution in [0.2, 0.25) is 0 Å². The van der Waals surface area contributed by atoms with Crippen LogP contribution in [0.1, 0.15) is 42.1 Å². The maximum atomic E-state index is 15.3. The zero-order valence-corrected chi connectivity index (χ0v) is 18.7. The Kier molecular flexibility index (Phi) is 4.80. The summed E-state index contributed by atoms with van der Waals surface area (Å²) in [6, 6.07) is 2.55. The van der Waals surface area contributed by atoms with Crippen LogP contribution in [0.3, 0.4) is 0 Å². The van der Waals surface area contributed by atoms with E-state index in [-0.39, 0.29) is 48.2 Å². The first-order valence-corrected chi connectivity index (χ1v) is 10.7. The summed E-state index contributed by atoms with van der Waals surface area (Å²) in [5.41, 5.74) is 1.56. The van der Waals surface area contributed by atoms with Crippen molar-refractivity contribution in [3.63, 3.8) is 0 Å². The van der Waals surface area contributed by atoms with E-state index in [4.69, 9.17) is 0 Å². The number of fused-ring (bicyclic) bond motifs is 3. The molecule has 3 aromatic heterocycles. The van der Waals surface area contributed by atoms with Crippen LogP contribution in [0, 0.1) is 12.8 Å². The Bertz CT molecular complexity index is 1260. The fourth-order valence-electron chi connectivity index (χ4n) is 4.62. The second-order valence-corrected chi connectivity index (χ2v) is 8.72. The maximum Gasteiger partial charge on any atom is 0.316 e. The minimum atomic E-state index is -3.21. The third-order valence-electron chi connectivity index (χ3n) is 6.15. The summed E-state index contributed by atoms with van der Waals surface area (Å²) in [4.78, 5) is 27.4. The molecule has 0 fully saturated rings. The highest BCUT2D eigenvalue weighted by atomic mass is 19.3. The predicted octanol–water partition coefficient (Wildman–Crippen LogP) is 2.90. The van der Waals surface area contributed by atoms with Gasteiger partial charge in [0.15, 0.2) is 5.82 Å². The number of aromatic nitrogens is 5. The van der Waals surface area contributed by atoms with Gasteiger partial charge in [-0.1, -0.05) is 13.8 Å². The molecule has 0 saturated heterocycles. The lowest BCUT2D eigenvalue weighted by Gasteiger charge is -2.36. The lowest BCUT2D eigenvalue weighted by Crippen LogP contribution is -2.49. The van der Waals surface area contributed by atoms with Gasteiger partial charge in [-0.25, -0.2) is 4.98 Å². The Labute approximate surface area is 189 Å². The van der Waals surface area contributed by atoms with Crippen molar-refractivity contribution in [2.75, 3.05) is 22.6 Å². The van der Waals surface area contributed by atoms with Gasteiger partial charge in [0.1, 0.15) is 17.4 Å². The van der Waals surface area contributed by atoms with Gasteiger partial charge in [-0.3, -0.25) is 14.5 Å². The normalized spacial score (nSPS) is 18.5. The molecule has 9 nitrogen and oxygen atoms in total. The molecule has 5 heterocycles. The minimum Gasteiger partial charge on any atom is -0.350 e. The third kappa shape index (κ3) is 3.30. The lowest BCUT2D eigenvalue weighted by molar-refractivity contribution is -0.118. The zero-order valence-electron chi connectivity index (χ0n) is 18.7. The fraction of sp³-hybridized carbons (Fsp3) is 0.409. The van der Waals surface area contributed by atoms with E-state index >= 15 is 8.78 Å². The molecule has 0 aliphatic carbocycles. The van der Waals surface area contributed by atoms with Crippen LogP contribution in [-0.2, 0) is 23.8 Å². The number of pyridine rings is 1. The van der Waals surface area contributed by atoms with E-state index in [0.717, 1.165) is 0 Å². The maximum absolute atomic E-state index is 15.3. The van der Waals surface area contributed by atoms with Gasteiger partial charge >= 0.3 is 5.92 Å². The average molecular weight is 454 g/mol. The highest BCUT2D eigenvalue weighted by Crippen LogP contribution is 2.42. The Morgan fingerprint density at radius 2 is 2.12 bits per heavy atom. The number of likely N-dealkylation sites (N-methyl/N-ethyl adjacent to an activating group) is 1. The van der Waals surface area contributed by atoms with Crippen molar-refractivity contribution in [3.8, 4) is 0 Å². The lowest BCUT2D eigenvalue weighted by atomic mass is 9.97. The van der Waals surface area contributed by atoms with Gasteiger partial charge in [-0.05, 0) is 25.0 Å². The molecule has 0 radical (unpaired) electrons. The molecule has 0 saturated carbocycles. The summed E-state index contributed by atoms with van der Waals surface area (Å²) >= 11 is 0. The summed E-state index contributed by atoms with van der Waals surface area (Å²) in [6.45, 7) is 5.97. The van der Waals surface area contributed by atoms with Crippen LogP contribution in [0.5, 0.6) is 0 Å². The zero-order chi connectivity index (χ0) is 23.5. The molecule has 33 heavy (non-hydrogen) atoms. The smallest absolute Gasteiger partial charge is 0.316 e.